The third-order valence-electron chi connectivity index (χ3n) is 2.31. The number of carbonyl (C=O) groups is 1. The molecule has 0 spiro atoms. The molecule has 0 radical (unpaired) electrons. The van der Waals surface area contributed by atoms with Gasteiger partial charge in [0, 0.05) is 11.9 Å². The van der Waals surface area contributed by atoms with Crippen LogP contribution in [0.5, 0.6) is 0 Å². The van der Waals surface area contributed by atoms with Crippen LogP contribution >= 0.6 is 11.8 Å². The van der Waals surface area contributed by atoms with E-state index in [9.17, 15) is 4.79 Å². The maximum atomic E-state index is 11.1. The molecule has 0 atom stereocenters. The van der Waals surface area contributed by atoms with E-state index in [2.05, 4.69) is 0 Å². The molecule has 1 heterocycles. The Morgan fingerprint density at radius 1 is 1.50 bits per heavy atom. The molecule has 0 bridgehead atoms. The molecule has 0 aliphatic carbocycles. The molecule has 0 fully saturated rings. The zero-order valence-electron chi connectivity index (χ0n) is 8.60. The SMILES string of the molecule is CN1/C(=C(/C#N)C(N)=O)Sc2ccccc21. The first kappa shape index (κ1) is 10.6. The van der Waals surface area contributed by atoms with Crippen LogP contribution in [-0.2, 0) is 4.79 Å². The number of para-hydroxylation sites is 1. The molecule has 4 nitrogen and oxygen atoms in total. The number of primary amides is 1. The Kier molecular flexibility index (Phi) is 2.59. The number of nitrogens with zero attached hydrogens (tertiary/aromatic N) is 2. The zero-order chi connectivity index (χ0) is 11.7. The van der Waals surface area contributed by atoms with Crippen LogP contribution in [0.15, 0.2) is 39.8 Å². The number of fused-ring (bicyclic) bond motifs is 1. The van der Waals surface area contributed by atoms with Gasteiger partial charge in [0.2, 0.25) is 0 Å². The molecule has 1 aliphatic rings. The summed E-state index contributed by atoms with van der Waals surface area (Å²) in [5.41, 5.74) is 6.15. The molecule has 0 saturated carbocycles. The van der Waals surface area contributed by atoms with Crippen LogP contribution in [0.1, 0.15) is 0 Å². The second-order valence-electron chi connectivity index (χ2n) is 3.29. The van der Waals surface area contributed by atoms with Crippen molar-refractivity contribution in [3.8, 4) is 6.07 Å². The Balaban J connectivity index is 2.53. The summed E-state index contributed by atoms with van der Waals surface area (Å²) in [7, 11) is 1.81. The van der Waals surface area contributed by atoms with Gasteiger partial charge in [-0.2, -0.15) is 5.26 Å². The molecule has 0 aromatic heterocycles. The second kappa shape index (κ2) is 3.91. The number of rotatable bonds is 1. The van der Waals surface area contributed by atoms with Crippen LogP contribution in [0.4, 0.5) is 5.69 Å². The summed E-state index contributed by atoms with van der Waals surface area (Å²) in [5, 5.41) is 9.50. The molecule has 80 valence electrons. The Labute approximate surface area is 97.3 Å². The first-order valence-corrected chi connectivity index (χ1v) is 5.41. The van der Waals surface area contributed by atoms with E-state index in [1.54, 1.807) is 0 Å². The van der Waals surface area contributed by atoms with Gasteiger partial charge >= 0.3 is 0 Å². The monoisotopic (exact) mass is 231 g/mol. The summed E-state index contributed by atoms with van der Waals surface area (Å²) in [5.74, 6) is -0.690. The Hall–Kier alpha value is -1.93. The van der Waals surface area contributed by atoms with Gasteiger partial charge in [-0.3, -0.25) is 4.79 Å². The molecule has 16 heavy (non-hydrogen) atoms. The van der Waals surface area contributed by atoms with Crippen molar-refractivity contribution in [2.24, 2.45) is 5.73 Å². The standard InChI is InChI=1S/C11H9N3OS/c1-14-8-4-2-3-5-9(8)16-11(14)7(6-12)10(13)15/h2-5H,1H3,(H2,13,15)/b11-7+. The molecule has 1 aromatic rings. The highest BCUT2D eigenvalue weighted by molar-refractivity contribution is 8.03. The largest absolute Gasteiger partial charge is 0.365 e. The van der Waals surface area contributed by atoms with E-state index in [0.717, 1.165) is 10.6 Å². The van der Waals surface area contributed by atoms with E-state index >= 15 is 0 Å². The number of hydrogen-bond donors (Lipinski definition) is 1. The lowest BCUT2D eigenvalue weighted by Gasteiger charge is -2.13. The first-order valence-electron chi connectivity index (χ1n) is 4.60. The minimum absolute atomic E-state index is 0.00343. The molecular formula is C11H9N3OS. The Morgan fingerprint density at radius 2 is 2.19 bits per heavy atom. The van der Waals surface area contributed by atoms with Gasteiger partial charge in [-0.05, 0) is 12.1 Å². The zero-order valence-corrected chi connectivity index (χ0v) is 9.41. The van der Waals surface area contributed by atoms with Crippen molar-refractivity contribution in [1.82, 2.24) is 0 Å². The van der Waals surface area contributed by atoms with Crippen LogP contribution in [0, 0.1) is 11.3 Å². The maximum absolute atomic E-state index is 11.1. The highest BCUT2D eigenvalue weighted by Gasteiger charge is 2.26. The van der Waals surface area contributed by atoms with E-state index < -0.39 is 5.91 Å². The fraction of sp³-hybridized carbons (Fsp3) is 0.0909. The van der Waals surface area contributed by atoms with Crippen molar-refractivity contribution in [2.75, 3.05) is 11.9 Å². The van der Waals surface area contributed by atoms with Crippen LogP contribution in [0.3, 0.4) is 0 Å². The van der Waals surface area contributed by atoms with Gasteiger partial charge in [0.15, 0.2) is 0 Å². The highest BCUT2D eigenvalue weighted by Crippen LogP contribution is 2.45. The smallest absolute Gasteiger partial charge is 0.262 e. The highest BCUT2D eigenvalue weighted by atomic mass is 32.2. The van der Waals surface area contributed by atoms with Gasteiger partial charge in [-0.1, -0.05) is 23.9 Å². The van der Waals surface area contributed by atoms with E-state index in [1.807, 2.05) is 42.3 Å². The van der Waals surface area contributed by atoms with E-state index in [1.165, 1.54) is 11.8 Å². The Bertz CT molecular complexity index is 530. The van der Waals surface area contributed by atoms with Gasteiger partial charge < -0.3 is 10.6 Å². The molecular weight excluding hydrogens is 222 g/mol. The number of carbonyl (C=O) groups excluding carboxylic acids is 1. The number of benzene rings is 1. The van der Waals surface area contributed by atoms with Crippen molar-refractivity contribution < 1.29 is 4.79 Å². The van der Waals surface area contributed by atoms with Gasteiger partial charge in [0.05, 0.1) is 5.69 Å². The van der Waals surface area contributed by atoms with Crippen molar-refractivity contribution in [3.05, 3.63) is 34.9 Å². The lowest BCUT2D eigenvalue weighted by Crippen LogP contribution is -2.19. The summed E-state index contributed by atoms with van der Waals surface area (Å²) in [6.45, 7) is 0. The summed E-state index contributed by atoms with van der Waals surface area (Å²) in [4.78, 5) is 13.9. The number of amides is 1. The number of anilines is 1. The van der Waals surface area contributed by atoms with Crippen molar-refractivity contribution in [1.29, 1.82) is 5.26 Å². The number of nitrogens with two attached hydrogens (primary N) is 1. The molecule has 2 rings (SSSR count). The van der Waals surface area contributed by atoms with Crippen LogP contribution in [0.2, 0.25) is 0 Å². The minimum atomic E-state index is -0.690. The normalized spacial score (nSPS) is 16.6. The number of thioether (sulfide) groups is 1. The third-order valence-corrected chi connectivity index (χ3v) is 3.55. The van der Waals surface area contributed by atoms with Gasteiger partial charge in [0.1, 0.15) is 16.7 Å². The first-order chi connectivity index (χ1) is 7.65. The average molecular weight is 231 g/mol. The lowest BCUT2D eigenvalue weighted by molar-refractivity contribution is -0.114. The van der Waals surface area contributed by atoms with Gasteiger partial charge in [-0.15, -0.1) is 0 Å². The minimum Gasteiger partial charge on any atom is -0.365 e. The molecule has 1 aromatic carbocycles. The molecule has 2 N–H and O–H groups in total. The van der Waals surface area contributed by atoms with Gasteiger partial charge in [0.25, 0.3) is 5.91 Å². The lowest BCUT2D eigenvalue weighted by atomic mass is 10.2. The summed E-state index contributed by atoms with van der Waals surface area (Å²) in [6, 6.07) is 9.56. The van der Waals surface area contributed by atoms with E-state index in [4.69, 9.17) is 11.0 Å². The van der Waals surface area contributed by atoms with E-state index in [0.29, 0.717) is 5.03 Å². The number of hydrogen-bond acceptors (Lipinski definition) is 4. The fourth-order valence-corrected chi connectivity index (χ4v) is 2.68. The summed E-state index contributed by atoms with van der Waals surface area (Å²) in [6.07, 6.45) is 0. The molecule has 1 amide bonds. The third kappa shape index (κ3) is 1.53. The quantitative estimate of drug-likeness (QED) is 0.586. The molecule has 0 saturated heterocycles. The Morgan fingerprint density at radius 3 is 2.75 bits per heavy atom. The van der Waals surface area contributed by atoms with Crippen LogP contribution in [0.25, 0.3) is 0 Å². The van der Waals surface area contributed by atoms with E-state index in [-0.39, 0.29) is 5.57 Å². The number of nitriles is 1. The van der Waals surface area contributed by atoms with Crippen LogP contribution < -0.4 is 10.6 Å². The molecule has 0 unspecified atom stereocenters. The van der Waals surface area contributed by atoms with Gasteiger partial charge in [-0.25, -0.2) is 0 Å². The fourth-order valence-electron chi connectivity index (χ4n) is 1.53. The molecule has 1 aliphatic heterocycles. The van der Waals surface area contributed by atoms with Crippen LogP contribution in [-0.4, -0.2) is 13.0 Å². The maximum Gasteiger partial charge on any atom is 0.262 e. The summed E-state index contributed by atoms with van der Waals surface area (Å²) < 4.78 is 0. The van der Waals surface area contributed by atoms with Crippen molar-refractivity contribution >= 4 is 23.4 Å². The second-order valence-corrected chi connectivity index (χ2v) is 4.32. The summed E-state index contributed by atoms with van der Waals surface area (Å²) >= 11 is 1.39. The average Bonchev–Trinajstić information content (AvgIpc) is 2.58. The topological polar surface area (TPSA) is 70.1 Å². The van der Waals surface area contributed by atoms with Crippen molar-refractivity contribution in [3.63, 3.8) is 0 Å². The predicted octanol–water partition coefficient (Wildman–Crippen LogP) is 1.45. The molecule has 5 heteroatoms. The van der Waals surface area contributed by atoms with Crippen molar-refractivity contribution in [2.45, 2.75) is 4.90 Å². The predicted molar refractivity (Wildman–Crippen MR) is 62.5 cm³/mol.